The van der Waals surface area contributed by atoms with Crippen LogP contribution in [0.15, 0.2) is 34.9 Å². The van der Waals surface area contributed by atoms with Crippen LogP contribution in [0.5, 0.6) is 0 Å². The lowest BCUT2D eigenvalue weighted by atomic mass is 9.81. The first-order valence-corrected chi connectivity index (χ1v) is 7.14. The van der Waals surface area contributed by atoms with Crippen molar-refractivity contribution in [2.45, 2.75) is 32.2 Å². The lowest BCUT2D eigenvalue weighted by molar-refractivity contribution is 0.572. The molecule has 0 radical (unpaired) electrons. The van der Waals surface area contributed by atoms with E-state index >= 15 is 0 Å². The second kappa shape index (κ2) is 5.10. The predicted octanol–water partition coefficient (Wildman–Crippen LogP) is 3.53. The minimum atomic E-state index is -0.183. The summed E-state index contributed by atoms with van der Waals surface area (Å²) in [6.07, 6.45) is 1.79. The van der Waals surface area contributed by atoms with Gasteiger partial charge >= 0.3 is 0 Å². The second-order valence-electron chi connectivity index (χ2n) is 5.82. The molecule has 0 spiro atoms. The van der Waals surface area contributed by atoms with Crippen LogP contribution in [0, 0.1) is 0 Å². The van der Waals surface area contributed by atoms with E-state index in [1.54, 1.807) is 6.20 Å². The van der Waals surface area contributed by atoms with Gasteiger partial charge in [-0.15, -0.1) is 0 Å². The highest BCUT2D eigenvalue weighted by atomic mass is 79.9. The summed E-state index contributed by atoms with van der Waals surface area (Å²) in [5, 5.41) is 4.24. The normalized spacial score (nSPS) is 13.6. The quantitative estimate of drug-likeness (QED) is 0.919. The fourth-order valence-corrected chi connectivity index (χ4v) is 2.96. The Morgan fingerprint density at radius 1 is 1.26 bits per heavy atom. The fraction of sp³-hybridized carbons (Fsp3) is 0.400. The molecule has 4 heteroatoms. The number of nitrogens with zero attached hydrogens (tertiary/aromatic N) is 2. The van der Waals surface area contributed by atoms with Crippen molar-refractivity contribution in [3.05, 3.63) is 51.8 Å². The van der Waals surface area contributed by atoms with Crippen LogP contribution in [-0.4, -0.2) is 9.78 Å². The lowest BCUT2D eigenvalue weighted by Gasteiger charge is -2.26. The van der Waals surface area contributed by atoms with Gasteiger partial charge in [0.15, 0.2) is 0 Å². The molecule has 0 saturated heterocycles. The Labute approximate surface area is 122 Å². The molecule has 19 heavy (non-hydrogen) atoms. The molecule has 1 unspecified atom stereocenters. The Hall–Kier alpha value is -1.13. The van der Waals surface area contributed by atoms with Gasteiger partial charge in [-0.3, -0.25) is 4.68 Å². The smallest absolute Gasteiger partial charge is 0.0737 e. The van der Waals surface area contributed by atoms with Crippen molar-refractivity contribution in [1.82, 2.24) is 9.78 Å². The standard InChI is InChI=1S/C15H20BrN3/c1-15(2,3)11-8-6-5-7-10(11)13(17)14-12(16)9-18-19(14)4/h5-9,13H,17H2,1-4H3. The minimum Gasteiger partial charge on any atom is -0.319 e. The second-order valence-corrected chi connectivity index (χ2v) is 6.67. The number of hydrogen-bond donors (Lipinski definition) is 1. The molecule has 1 heterocycles. The molecule has 3 nitrogen and oxygen atoms in total. The average molecular weight is 322 g/mol. The Bertz CT molecular complexity index is 562. The molecule has 0 aliphatic carbocycles. The highest BCUT2D eigenvalue weighted by molar-refractivity contribution is 9.10. The molecule has 0 amide bonds. The molecular weight excluding hydrogens is 302 g/mol. The van der Waals surface area contributed by atoms with E-state index in [0.29, 0.717) is 0 Å². The minimum absolute atomic E-state index is 0.0687. The van der Waals surface area contributed by atoms with E-state index in [9.17, 15) is 0 Å². The van der Waals surface area contributed by atoms with Gasteiger partial charge in [0.05, 0.1) is 22.4 Å². The summed E-state index contributed by atoms with van der Waals surface area (Å²) in [5.41, 5.74) is 9.96. The SMILES string of the molecule is Cn1ncc(Br)c1C(N)c1ccccc1C(C)(C)C. The Balaban J connectivity index is 2.54. The first kappa shape index (κ1) is 14.3. The number of aryl methyl sites for hydroxylation is 1. The largest absolute Gasteiger partial charge is 0.319 e. The molecule has 2 N–H and O–H groups in total. The first-order chi connectivity index (χ1) is 8.82. The molecule has 102 valence electrons. The van der Waals surface area contributed by atoms with Gasteiger partial charge in [0.2, 0.25) is 0 Å². The van der Waals surface area contributed by atoms with E-state index in [4.69, 9.17) is 5.73 Å². The van der Waals surface area contributed by atoms with Gasteiger partial charge in [0.25, 0.3) is 0 Å². The third-order valence-electron chi connectivity index (χ3n) is 3.34. The molecule has 0 aliphatic heterocycles. The van der Waals surface area contributed by atoms with Gasteiger partial charge in [0.1, 0.15) is 0 Å². The summed E-state index contributed by atoms with van der Waals surface area (Å²) in [4.78, 5) is 0. The van der Waals surface area contributed by atoms with Crippen LogP contribution < -0.4 is 5.73 Å². The number of halogens is 1. The summed E-state index contributed by atoms with van der Waals surface area (Å²) in [6, 6.07) is 8.17. The van der Waals surface area contributed by atoms with Crippen LogP contribution in [0.25, 0.3) is 0 Å². The van der Waals surface area contributed by atoms with E-state index in [2.05, 4.69) is 60.0 Å². The Morgan fingerprint density at radius 2 is 1.89 bits per heavy atom. The van der Waals surface area contributed by atoms with Gasteiger partial charge in [-0.2, -0.15) is 5.10 Å². The third kappa shape index (κ3) is 2.74. The highest BCUT2D eigenvalue weighted by Gasteiger charge is 2.24. The van der Waals surface area contributed by atoms with Crippen LogP contribution in [0.2, 0.25) is 0 Å². The number of hydrogen-bond acceptors (Lipinski definition) is 2. The van der Waals surface area contributed by atoms with Gasteiger partial charge in [-0.1, -0.05) is 45.0 Å². The molecule has 1 aromatic carbocycles. The maximum Gasteiger partial charge on any atom is 0.0737 e. The lowest BCUT2D eigenvalue weighted by Crippen LogP contribution is -2.22. The van der Waals surface area contributed by atoms with E-state index in [1.165, 1.54) is 5.56 Å². The molecule has 0 fully saturated rings. The first-order valence-electron chi connectivity index (χ1n) is 6.34. The van der Waals surface area contributed by atoms with E-state index in [-0.39, 0.29) is 11.5 Å². The van der Waals surface area contributed by atoms with Crippen molar-refractivity contribution in [3.63, 3.8) is 0 Å². The molecule has 2 rings (SSSR count). The van der Waals surface area contributed by atoms with Crippen molar-refractivity contribution in [3.8, 4) is 0 Å². The summed E-state index contributed by atoms with van der Waals surface area (Å²) >= 11 is 3.53. The van der Waals surface area contributed by atoms with Crippen molar-refractivity contribution in [2.24, 2.45) is 12.8 Å². The predicted molar refractivity (Wildman–Crippen MR) is 82.1 cm³/mol. The highest BCUT2D eigenvalue weighted by Crippen LogP contribution is 2.33. The molecule has 0 aliphatic rings. The molecular formula is C15H20BrN3. The molecule has 0 bridgehead atoms. The zero-order chi connectivity index (χ0) is 14.2. The molecule has 2 aromatic rings. The van der Waals surface area contributed by atoms with Gasteiger partial charge in [-0.05, 0) is 32.5 Å². The van der Waals surface area contributed by atoms with Crippen molar-refractivity contribution in [2.75, 3.05) is 0 Å². The van der Waals surface area contributed by atoms with Gasteiger partial charge in [-0.25, -0.2) is 0 Å². The van der Waals surface area contributed by atoms with Crippen LogP contribution in [0.3, 0.4) is 0 Å². The molecule has 1 aromatic heterocycles. The third-order valence-corrected chi connectivity index (χ3v) is 3.95. The molecule has 1 atom stereocenters. The monoisotopic (exact) mass is 321 g/mol. The van der Waals surface area contributed by atoms with Crippen LogP contribution in [0.1, 0.15) is 43.6 Å². The van der Waals surface area contributed by atoms with E-state index in [0.717, 1.165) is 15.7 Å². The van der Waals surface area contributed by atoms with E-state index in [1.807, 2.05) is 17.8 Å². The summed E-state index contributed by atoms with van der Waals surface area (Å²) < 4.78 is 2.78. The maximum absolute atomic E-state index is 6.47. The Morgan fingerprint density at radius 3 is 2.42 bits per heavy atom. The summed E-state index contributed by atoms with van der Waals surface area (Å²) in [6.45, 7) is 6.62. The van der Waals surface area contributed by atoms with Gasteiger partial charge < -0.3 is 5.73 Å². The zero-order valence-corrected chi connectivity index (χ0v) is 13.4. The van der Waals surface area contributed by atoms with Crippen LogP contribution in [0.4, 0.5) is 0 Å². The fourth-order valence-electron chi connectivity index (χ4n) is 2.37. The van der Waals surface area contributed by atoms with Crippen LogP contribution >= 0.6 is 15.9 Å². The summed E-state index contributed by atoms with van der Waals surface area (Å²) in [7, 11) is 1.92. The summed E-state index contributed by atoms with van der Waals surface area (Å²) in [5.74, 6) is 0. The number of rotatable bonds is 2. The zero-order valence-electron chi connectivity index (χ0n) is 11.8. The topological polar surface area (TPSA) is 43.8 Å². The number of nitrogens with two attached hydrogens (primary N) is 1. The number of benzene rings is 1. The molecule has 0 saturated carbocycles. The van der Waals surface area contributed by atoms with Gasteiger partial charge in [0, 0.05) is 7.05 Å². The van der Waals surface area contributed by atoms with Crippen molar-refractivity contribution in [1.29, 1.82) is 0 Å². The Kier molecular flexibility index (Phi) is 3.83. The van der Waals surface area contributed by atoms with E-state index < -0.39 is 0 Å². The average Bonchev–Trinajstić information content (AvgIpc) is 2.67. The maximum atomic E-state index is 6.47. The van der Waals surface area contributed by atoms with Crippen molar-refractivity contribution < 1.29 is 0 Å². The van der Waals surface area contributed by atoms with Crippen LogP contribution in [-0.2, 0) is 12.5 Å². The number of aromatic nitrogens is 2. The van der Waals surface area contributed by atoms with Crippen molar-refractivity contribution >= 4 is 15.9 Å².